The van der Waals surface area contributed by atoms with Crippen LogP contribution in [0.1, 0.15) is 12.0 Å². The zero-order valence-corrected chi connectivity index (χ0v) is 10.0. The van der Waals surface area contributed by atoms with Crippen LogP contribution in [0.5, 0.6) is 0 Å². The van der Waals surface area contributed by atoms with Crippen molar-refractivity contribution in [3.63, 3.8) is 0 Å². The van der Waals surface area contributed by atoms with E-state index in [-0.39, 0.29) is 5.91 Å². The van der Waals surface area contributed by atoms with Crippen LogP contribution in [0.25, 0.3) is 0 Å². The van der Waals surface area contributed by atoms with E-state index in [1.165, 1.54) is 6.20 Å². The van der Waals surface area contributed by atoms with Crippen LogP contribution >= 0.6 is 0 Å². The third kappa shape index (κ3) is 2.47. The number of carbonyl (C=O) groups excluding carboxylic acids is 1. The summed E-state index contributed by atoms with van der Waals surface area (Å²) in [6.45, 7) is 0. The predicted octanol–water partition coefficient (Wildman–Crippen LogP) is 1.54. The second-order valence-electron chi connectivity index (χ2n) is 4.18. The van der Waals surface area contributed by atoms with Crippen molar-refractivity contribution in [1.82, 2.24) is 10.2 Å². The molecule has 1 aromatic carbocycles. The van der Waals surface area contributed by atoms with E-state index in [2.05, 4.69) is 20.7 Å². The van der Waals surface area contributed by atoms with Gasteiger partial charge in [0.05, 0.1) is 17.6 Å². The summed E-state index contributed by atoms with van der Waals surface area (Å²) in [6.07, 6.45) is 3.01. The van der Waals surface area contributed by atoms with E-state index in [1.807, 2.05) is 30.3 Å². The maximum absolute atomic E-state index is 11.9. The molecular formula is C13H12N4O2. The average molecular weight is 256 g/mol. The van der Waals surface area contributed by atoms with Gasteiger partial charge in [0.2, 0.25) is 6.10 Å². The van der Waals surface area contributed by atoms with Crippen molar-refractivity contribution in [2.75, 3.05) is 5.32 Å². The lowest BCUT2D eigenvalue weighted by atomic mass is 10.0. The van der Waals surface area contributed by atoms with Crippen LogP contribution in [0.3, 0.4) is 0 Å². The number of benzene rings is 1. The van der Waals surface area contributed by atoms with Gasteiger partial charge in [0.25, 0.3) is 5.91 Å². The summed E-state index contributed by atoms with van der Waals surface area (Å²) in [6, 6.07) is 9.67. The molecule has 0 spiro atoms. The molecule has 1 unspecified atom stereocenters. The molecule has 0 bridgehead atoms. The van der Waals surface area contributed by atoms with Crippen molar-refractivity contribution < 1.29 is 9.63 Å². The Balaban J connectivity index is 1.63. The first-order chi connectivity index (χ1) is 9.33. The molecule has 1 amide bonds. The first kappa shape index (κ1) is 11.5. The zero-order chi connectivity index (χ0) is 13.1. The molecule has 6 nitrogen and oxygen atoms in total. The smallest absolute Gasteiger partial charge is 0.268 e. The Kier molecular flexibility index (Phi) is 2.97. The van der Waals surface area contributed by atoms with Gasteiger partial charge in [-0.2, -0.15) is 5.10 Å². The lowest BCUT2D eigenvalue weighted by molar-refractivity contribution is -0.125. The van der Waals surface area contributed by atoms with E-state index in [0.717, 1.165) is 11.3 Å². The number of amides is 1. The molecule has 2 aromatic rings. The number of hydrogen-bond donors (Lipinski definition) is 2. The largest absolute Gasteiger partial charge is 0.382 e. The number of aromatic amines is 1. The molecule has 0 fully saturated rings. The lowest BCUT2D eigenvalue weighted by Gasteiger charge is -2.07. The maximum Gasteiger partial charge on any atom is 0.268 e. The minimum Gasteiger partial charge on any atom is -0.382 e. The number of nitrogens with one attached hydrogen (secondary N) is 2. The van der Waals surface area contributed by atoms with E-state index in [1.54, 1.807) is 6.20 Å². The number of nitrogens with zero attached hydrogens (tertiary/aromatic N) is 2. The number of rotatable bonds is 3. The van der Waals surface area contributed by atoms with Gasteiger partial charge in [-0.1, -0.05) is 35.5 Å². The third-order valence-electron chi connectivity index (χ3n) is 2.83. The van der Waals surface area contributed by atoms with Crippen molar-refractivity contribution >= 4 is 17.3 Å². The third-order valence-corrected chi connectivity index (χ3v) is 2.83. The Bertz CT molecular complexity index is 592. The number of anilines is 1. The highest BCUT2D eigenvalue weighted by atomic mass is 16.6. The normalized spacial score (nSPS) is 17.7. The van der Waals surface area contributed by atoms with Crippen molar-refractivity contribution in [2.24, 2.45) is 5.16 Å². The standard InChI is InChI=1S/C13H12N4O2/c18-13(16-10-7-14-15-8-10)12-6-11(17-19-12)9-4-2-1-3-5-9/h1-5,7-8,12H,6H2,(H,14,15)(H,16,18). The van der Waals surface area contributed by atoms with Crippen LogP contribution in [0.15, 0.2) is 47.9 Å². The maximum atomic E-state index is 11.9. The van der Waals surface area contributed by atoms with Gasteiger partial charge in [-0.3, -0.25) is 9.89 Å². The minimum atomic E-state index is -0.592. The van der Waals surface area contributed by atoms with Crippen molar-refractivity contribution in [1.29, 1.82) is 0 Å². The monoisotopic (exact) mass is 256 g/mol. The molecule has 2 heterocycles. The van der Waals surface area contributed by atoms with E-state index < -0.39 is 6.10 Å². The Morgan fingerprint density at radius 1 is 1.37 bits per heavy atom. The van der Waals surface area contributed by atoms with Crippen LogP contribution in [0, 0.1) is 0 Å². The number of carbonyl (C=O) groups is 1. The number of hydrogen-bond acceptors (Lipinski definition) is 4. The van der Waals surface area contributed by atoms with Crippen molar-refractivity contribution in [3.8, 4) is 0 Å². The van der Waals surface area contributed by atoms with Gasteiger partial charge in [-0.15, -0.1) is 0 Å². The van der Waals surface area contributed by atoms with E-state index in [0.29, 0.717) is 12.1 Å². The second-order valence-corrected chi connectivity index (χ2v) is 4.18. The molecule has 3 rings (SSSR count). The highest BCUT2D eigenvalue weighted by molar-refractivity contribution is 6.06. The van der Waals surface area contributed by atoms with Crippen molar-refractivity contribution in [3.05, 3.63) is 48.3 Å². The summed E-state index contributed by atoms with van der Waals surface area (Å²) >= 11 is 0. The van der Waals surface area contributed by atoms with Crippen LogP contribution in [0.4, 0.5) is 5.69 Å². The SMILES string of the molecule is O=C(Nc1cn[nH]c1)C1CC(c2ccccc2)=NO1. The highest BCUT2D eigenvalue weighted by Gasteiger charge is 2.28. The van der Waals surface area contributed by atoms with Gasteiger partial charge in [-0.25, -0.2) is 0 Å². The van der Waals surface area contributed by atoms with E-state index in [9.17, 15) is 4.79 Å². The Hall–Kier alpha value is -2.63. The van der Waals surface area contributed by atoms with Gasteiger partial charge < -0.3 is 10.2 Å². The topological polar surface area (TPSA) is 79.4 Å². The van der Waals surface area contributed by atoms with Crippen LogP contribution in [-0.2, 0) is 9.63 Å². The molecule has 1 aliphatic heterocycles. The van der Waals surface area contributed by atoms with Gasteiger partial charge in [-0.05, 0) is 5.56 Å². The summed E-state index contributed by atoms with van der Waals surface area (Å²) < 4.78 is 0. The summed E-state index contributed by atoms with van der Waals surface area (Å²) in [5.41, 5.74) is 2.37. The van der Waals surface area contributed by atoms with E-state index in [4.69, 9.17) is 4.84 Å². The predicted molar refractivity (Wildman–Crippen MR) is 69.7 cm³/mol. The lowest BCUT2D eigenvalue weighted by Crippen LogP contribution is -2.27. The highest BCUT2D eigenvalue weighted by Crippen LogP contribution is 2.17. The van der Waals surface area contributed by atoms with Crippen LogP contribution in [-0.4, -0.2) is 27.9 Å². The quantitative estimate of drug-likeness (QED) is 0.874. The molecule has 96 valence electrons. The molecule has 0 saturated carbocycles. The molecule has 0 saturated heterocycles. The van der Waals surface area contributed by atoms with Gasteiger partial charge >= 0.3 is 0 Å². The molecule has 6 heteroatoms. The average Bonchev–Trinajstić information content (AvgIpc) is 3.10. The van der Waals surface area contributed by atoms with Gasteiger partial charge in [0, 0.05) is 12.6 Å². The molecule has 19 heavy (non-hydrogen) atoms. The zero-order valence-electron chi connectivity index (χ0n) is 10.0. The molecule has 0 aliphatic carbocycles. The number of H-pyrrole nitrogens is 1. The van der Waals surface area contributed by atoms with Crippen LogP contribution < -0.4 is 5.32 Å². The fraction of sp³-hybridized carbons (Fsp3) is 0.154. The number of aromatic nitrogens is 2. The Labute approximate surface area is 109 Å². The van der Waals surface area contributed by atoms with E-state index >= 15 is 0 Å². The molecule has 1 aromatic heterocycles. The molecule has 2 N–H and O–H groups in total. The summed E-state index contributed by atoms with van der Waals surface area (Å²) in [7, 11) is 0. The fourth-order valence-electron chi connectivity index (χ4n) is 1.86. The Morgan fingerprint density at radius 2 is 2.21 bits per heavy atom. The molecule has 1 atom stereocenters. The van der Waals surface area contributed by atoms with Gasteiger partial charge in [0.1, 0.15) is 0 Å². The summed E-state index contributed by atoms with van der Waals surface area (Å²) in [5.74, 6) is -0.226. The second kappa shape index (κ2) is 4.93. The first-order valence-corrected chi connectivity index (χ1v) is 5.90. The van der Waals surface area contributed by atoms with Crippen molar-refractivity contribution in [2.45, 2.75) is 12.5 Å². The first-order valence-electron chi connectivity index (χ1n) is 5.90. The number of oxime groups is 1. The molecule has 0 radical (unpaired) electrons. The van der Waals surface area contributed by atoms with Crippen LogP contribution in [0.2, 0.25) is 0 Å². The summed E-state index contributed by atoms with van der Waals surface area (Å²) in [5, 5.41) is 13.1. The Morgan fingerprint density at radius 3 is 2.95 bits per heavy atom. The fourth-order valence-corrected chi connectivity index (χ4v) is 1.86. The molecule has 1 aliphatic rings. The summed E-state index contributed by atoms with van der Waals surface area (Å²) in [4.78, 5) is 17.1. The van der Waals surface area contributed by atoms with Gasteiger partial charge in [0.15, 0.2) is 0 Å². The minimum absolute atomic E-state index is 0.226. The molecular weight excluding hydrogens is 244 g/mol.